The third-order valence-electron chi connectivity index (χ3n) is 24.6. The Hall–Kier alpha value is -18.3. The van der Waals surface area contributed by atoms with Gasteiger partial charge in [-0.3, -0.25) is 0 Å². The highest BCUT2D eigenvalue weighted by Crippen LogP contribution is 2.45. The van der Waals surface area contributed by atoms with E-state index in [1.54, 1.807) is 0 Å². The third-order valence-corrected chi connectivity index (χ3v) is 24.6. The fraction of sp³-hybridized carbons (Fsp3) is 0. The molecule has 0 saturated carbocycles. The average molecular weight is 1710 g/mol. The Bertz CT molecular complexity index is 7830. The molecule has 0 aliphatic heterocycles. The molecule has 12 nitrogen and oxygen atoms in total. The van der Waals surface area contributed by atoms with E-state index in [2.05, 4.69) is 343 Å². The maximum atomic E-state index is 5.26. The molecule has 628 valence electrons. The smallest absolute Gasteiger partial charge is 0.198 e. The number of fused-ring (bicyclic) bond motifs is 6. The van der Waals surface area contributed by atoms with Crippen LogP contribution in [-0.2, 0) is 0 Å². The molecule has 0 radical (unpaired) electrons. The molecule has 24 aromatic rings. The highest BCUT2D eigenvalue weighted by Gasteiger charge is 2.24. The predicted molar refractivity (Wildman–Crippen MR) is 546 cm³/mol. The van der Waals surface area contributed by atoms with E-state index < -0.39 is 0 Å². The zero-order chi connectivity index (χ0) is 89.0. The van der Waals surface area contributed by atoms with Crippen LogP contribution in [0.25, 0.3) is 235 Å². The van der Waals surface area contributed by atoms with Gasteiger partial charge in [-0.05, 0) is 176 Å². The fourth-order valence-corrected chi connectivity index (χ4v) is 18.2. The van der Waals surface area contributed by atoms with Crippen LogP contribution >= 0.6 is 0 Å². The van der Waals surface area contributed by atoms with E-state index in [0.717, 1.165) is 145 Å². The molecule has 0 N–H and O–H groups in total. The van der Waals surface area contributed by atoms with Crippen LogP contribution in [-0.4, -0.2) is 59.0 Å². The van der Waals surface area contributed by atoms with Crippen molar-refractivity contribution in [2.75, 3.05) is 0 Å². The molecule has 0 atom stereocenters. The third kappa shape index (κ3) is 16.1. The number of aromatic nitrogens is 12. The normalized spacial score (nSPS) is 11.3. The second-order valence-electron chi connectivity index (χ2n) is 33.0. The first-order valence-electron chi connectivity index (χ1n) is 44.8. The van der Waals surface area contributed by atoms with E-state index in [1.165, 1.54) is 43.8 Å². The van der Waals surface area contributed by atoms with Crippen molar-refractivity contribution in [3.63, 3.8) is 0 Å². The van der Waals surface area contributed by atoms with E-state index in [9.17, 15) is 0 Å². The highest BCUT2D eigenvalue weighted by atomic mass is 15.1. The summed E-state index contributed by atoms with van der Waals surface area (Å²) in [5, 5.41) is 4.75. The Morgan fingerprint density at radius 2 is 0.425 bits per heavy atom. The minimum Gasteiger partial charge on any atom is -0.309 e. The van der Waals surface area contributed by atoms with Crippen molar-refractivity contribution in [3.05, 3.63) is 485 Å². The number of hydrogen-bond acceptors (Lipinski definition) is 10. The Labute approximate surface area is 774 Å². The van der Waals surface area contributed by atoms with Crippen LogP contribution in [0.2, 0.25) is 0 Å². The van der Waals surface area contributed by atoms with Gasteiger partial charge in [-0.2, -0.15) is 0 Å². The lowest BCUT2D eigenvalue weighted by Crippen LogP contribution is -2.02. The average Bonchev–Trinajstić information content (AvgIpc) is 1.58. The maximum absolute atomic E-state index is 5.26. The molecular formula is C122H80N12. The van der Waals surface area contributed by atoms with Crippen LogP contribution in [0.5, 0.6) is 0 Å². The lowest BCUT2D eigenvalue weighted by Gasteiger charge is -2.12. The van der Waals surface area contributed by atoms with Gasteiger partial charge in [0.2, 0.25) is 0 Å². The first-order chi connectivity index (χ1) is 66.4. The molecule has 6 heterocycles. The van der Waals surface area contributed by atoms with E-state index in [-0.39, 0.29) is 0 Å². The second-order valence-corrected chi connectivity index (χ2v) is 33.0. The van der Waals surface area contributed by atoms with Gasteiger partial charge in [0.15, 0.2) is 46.6 Å². The van der Waals surface area contributed by atoms with Crippen molar-refractivity contribution in [2.45, 2.75) is 0 Å². The summed E-state index contributed by atoms with van der Waals surface area (Å²) < 4.78 is 4.75. The molecule has 0 amide bonds. The molecule has 24 rings (SSSR count). The lowest BCUT2D eigenvalue weighted by molar-refractivity contribution is 1.07. The van der Waals surface area contributed by atoms with Gasteiger partial charge in [0, 0.05) is 89.2 Å². The Morgan fingerprint density at radius 1 is 0.142 bits per heavy atom. The zero-order valence-electron chi connectivity index (χ0n) is 72.6. The van der Waals surface area contributed by atoms with Crippen molar-refractivity contribution in [1.29, 1.82) is 0 Å². The molecule has 0 spiro atoms. The van der Waals surface area contributed by atoms with E-state index in [0.29, 0.717) is 46.6 Å². The van der Waals surface area contributed by atoms with Gasteiger partial charge in [-0.1, -0.05) is 370 Å². The summed E-state index contributed by atoms with van der Waals surface area (Å²) >= 11 is 0. The molecular weight excluding hydrogens is 1630 g/mol. The highest BCUT2D eigenvalue weighted by molar-refractivity contribution is 6.18. The molecule has 12 heteroatoms. The second kappa shape index (κ2) is 35.8. The number of benzene rings is 18. The van der Waals surface area contributed by atoms with Gasteiger partial charge in [0.1, 0.15) is 0 Å². The van der Waals surface area contributed by atoms with Gasteiger partial charge in [-0.25, -0.2) is 49.8 Å². The quantitative estimate of drug-likeness (QED) is 0.0816. The van der Waals surface area contributed by atoms with Crippen molar-refractivity contribution < 1.29 is 0 Å². The van der Waals surface area contributed by atoms with Crippen molar-refractivity contribution in [3.8, 4) is 192 Å². The molecule has 0 unspecified atom stereocenters. The number of para-hydroxylation sites is 2. The monoisotopic (exact) mass is 1710 g/mol. The van der Waals surface area contributed by atoms with Crippen LogP contribution in [0.3, 0.4) is 0 Å². The molecule has 6 aromatic heterocycles. The summed E-state index contributed by atoms with van der Waals surface area (Å²) in [6.07, 6.45) is 1.81. The van der Waals surface area contributed by atoms with Crippen LogP contribution < -0.4 is 0 Å². The summed E-state index contributed by atoms with van der Waals surface area (Å²) in [5.74, 6) is 4.34. The summed E-state index contributed by atoms with van der Waals surface area (Å²) in [6, 6.07) is 167. The first kappa shape index (κ1) is 80.3. The SMILES string of the molecule is c1ccc(-c2cc(-c3ccccc3)cc(-c3ccnc(-c4nc(-c5ccccc5)cc(-c5cccc(-c6cccc7c6c6cc(-c8ccccc8)ccc6n7-c6ccccc6)c5)n4)n3)c2)cc1.c1ccc(-c2ccc3c(c2)c2c(-c4cccc(-c5nc(-c6ccccc6)nc(-c6cccc(-c7nc(-c8ccccc8)nc(-c8ccccc8)n7)c6)n5)c4)cccc2n3-c2ccccc2)cc1. The van der Waals surface area contributed by atoms with E-state index >= 15 is 0 Å². The number of hydrogen-bond donors (Lipinski definition) is 0. The summed E-state index contributed by atoms with van der Waals surface area (Å²) in [6.45, 7) is 0. The van der Waals surface area contributed by atoms with Crippen molar-refractivity contribution in [2.24, 2.45) is 0 Å². The molecule has 0 aliphatic carbocycles. The van der Waals surface area contributed by atoms with Crippen LogP contribution in [0.15, 0.2) is 485 Å². The lowest BCUT2D eigenvalue weighted by atomic mass is 9.95. The van der Waals surface area contributed by atoms with Gasteiger partial charge in [0.25, 0.3) is 0 Å². The predicted octanol–water partition coefficient (Wildman–Crippen LogP) is 30.2. The number of rotatable bonds is 18. The topological polar surface area (TPSA) is 139 Å². The molecule has 0 fully saturated rings. The van der Waals surface area contributed by atoms with Gasteiger partial charge >= 0.3 is 0 Å². The standard InChI is InChI=1S/C62H41N5.C60H39N7/c1-6-18-42(19-7-1)46-32-33-58-54(40-46)60-53(30-17-31-59(60)67(58)52-28-14-5-15-29-52)47-26-16-27-48(36-47)57-41-56(45-24-12-4-13-25-45)65-62(66-57)61-63-35-34-55(64-61)51-38-49(43-20-8-2-9-21-43)37-50(39-51)44-22-10-3-11-23-44;1-6-19-40(20-7-1)44-35-36-52-51(39-44)54-50(33-18-34-53(54)67(52)49-31-14-5-15-32-49)45-27-16-28-46(37-45)58-64-57(43-25-12-4-13-26-43)65-60(66-58)48-30-17-29-47(38-48)59-62-55(41-21-8-2-9-22-41)61-56(63-59)42-23-10-3-11-24-42/h1-41H;1-39H. The van der Waals surface area contributed by atoms with Gasteiger partial charge in [-0.15, -0.1) is 0 Å². The summed E-state index contributed by atoms with van der Waals surface area (Å²) in [4.78, 5) is 50.8. The molecule has 134 heavy (non-hydrogen) atoms. The van der Waals surface area contributed by atoms with Crippen LogP contribution in [0, 0.1) is 0 Å². The zero-order valence-corrected chi connectivity index (χ0v) is 72.6. The maximum Gasteiger partial charge on any atom is 0.198 e. The van der Waals surface area contributed by atoms with Crippen molar-refractivity contribution in [1.82, 2.24) is 59.0 Å². The number of nitrogens with zero attached hydrogens (tertiary/aromatic N) is 12. The molecule has 0 bridgehead atoms. The van der Waals surface area contributed by atoms with Crippen molar-refractivity contribution >= 4 is 43.6 Å². The van der Waals surface area contributed by atoms with E-state index in [4.69, 9.17) is 49.8 Å². The Kier molecular flexibility index (Phi) is 21.4. The largest absolute Gasteiger partial charge is 0.309 e. The summed E-state index contributed by atoms with van der Waals surface area (Å²) in [5.41, 5.74) is 30.9. The first-order valence-corrected chi connectivity index (χ1v) is 44.8. The summed E-state index contributed by atoms with van der Waals surface area (Å²) in [7, 11) is 0. The molecule has 18 aromatic carbocycles. The van der Waals surface area contributed by atoms with Crippen LogP contribution in [0.4, 0.5) is 0 Å². The minimum absolute atomic E-state index is 0.451. The Morgan fingerprint density at radius 3 is 0.821 bits per heavy atom. The van der Waals surface area contributed by atoms with Gasteiger partial charge in [0.05, 0.1) is 39.1 Å². The minimum atomic E-state index is 0.451. The molecule has 0 saturated heterocycles. The Balaban J connectivity index is 0.000000151. The van der Waals surface area contributed by atoms with E-state index in [1.807, 2.05) is 152 Å². The van der Waals surface area contributed by atoms with Gasteiger partial charge < -0.3 is 9.13 Å². The van der Waals surface area contributed by atoms with Crippen LogP contribution in [0.1, 0.15) is 0 Å². The fourth-order valence-electron chi connectivity index (χ4n) is 18.2. The molecule has 0 aliphatic rings.